The zero-order valence-electron chi connectivity index (χ0n) is 20.7. The first-order valence-corrected chi connectivity index (χ1v) is 11.8. The second-order valence-corrected chi connectivity index (χ2v) is 8.76. The maximum Gasteiger partial charge on any atom is 0.227 e. The zero-order valence-corrected chi connectivity index (χ0v) is 20.7. The Kier molecular flexibility index (Phi) is 7.53. The molecule has 0 bridgehead atoms. The van der Waals surface area contributed by atoms with Gasteiger partial charge in [-0.2, -0.15) is 0 Å². The third-order valence-electron chi connectivity index (χ3n) is 6.74. The Bertz CT molecular complexity index is 1020. The monoisotopic (exact) mass is 483 g/mol. The van der Waals surface area contributed by atoms with Gasteiger partial charge in [0.1, 0.15) is 5.75 Å². The summed E-state index contributed by atoms with van der Waals surface area (Å²) >= 11 is 0. The van der Waals surface area contributed by atoms with Gasteiger partial charge in [0.25, 0.3) is 0 Å². The molecule has 9 heteroatoms. The van der Waals surface area contributed by atoms with Crippen LogP contribution in [0.15, 0.2) is 36.4 Å². The maximum absolute atomic E-state index is 13.0. The highest BCUT2D eigenvalue weighted by Crippen LogP contribution is 2.42. The molecule has 2 aliphatic rings. The number of methoxy groups -OCH3 is 4. The lowest BCUT2D eigenvalue weighted by Gasteiger charge is -2.34. The molecule has 0 aromatic heterocycles. The van der Waals surface area contributed by atoms with Gasteiger partial charge in [0.05, 0.1) is 40.0 Å². The molecule has 1 atom stereocenters. The average molecular weight is 484 g/mol. The van der Waals surface area contributed by atoms with Crippen molar-refractivity contribution in [1.29, 1.82) is 0 Å². The summed E-state index contributed by atoms with van der Waals surface area (Å²) in [5.74, 6) is 1.65. The van der Waals surface area contributed by atoms with E-state index >= 15 is 0 Å². The molecule has 2 aromatic carbocycles. The van der Waals surface area contributed by atoms with Gasteiger partial charge in [0.15, 0.2) is 11.5 Å². The normalized spacial score (nSPS) is 18.4. The summed E-state index contributed by atoms with van der Waals surface area (Å²) in [5, 5.41) is 3.17. The Labute approximate surface area is 205 Å². The molecule has 9 nitrogen and oxygen atoms in total. The Balaban J connectivity index is 1.35. The van der Waals surface area contributed by atoms with Gasteiger partial charge in [-0.15, -0.1) is 0 Å². The van der Waals surface area contributed by atoms with Crippen LogP contribution < -0.4 is 34.1 Å². The largest absolute Gasteiger partial charge is 0.497 e. The zero-order chi connectivity index (χ0) is 24.9. The topological polar surface area (TPSA) is 89.6 Å². The summed E-state index contributed by atoms with van der Waals surface area (Å²) in [7, 11) is 6.25. The summed E-state index contributed by atoms with van der Waals surface area (Å²) in [4.78, 5) is 29.7. The minimum atomic E-state index is -0.402. The van der Waals surface area contributed by atoms with E-state index in [4.69, 9.17) is 18.9 Å². The van der Waals surface area contributed by atoms with E-state index in [9.17, 15) is 9.59 Å². The lowest BCUT2D eigenvalue weighted by Crippen LogP contribution is -2.46. The van der Waals surface area contributed by atoms with Crippen molar-refractivity contribution >= 4 is 23.2 Å². The molecule has 2 saturated heterocycles. The molecular weight excluding hydrogens is 450 g/mol. The van der Waals surface area contributed by atoms with E-state index in [1.165, 1.54) is 21.3 Å². The number of nitrogens with one attached hydrogen (secondary N) is 1. The average Bonchev–Trinajstić information content (AvgIpc) is 3.30. The van der Waals surface area contributed by atoms with Crippen LogP contribution in [-0.2, 0) is 9.59 Å². The second-order valence-electron chi connectivity index (χ2n) is 8.76. The number of ether oxygens (including phenoxy) is 4. The van der Waals surface area contributed by atoms with Crippen molar-refractivity contribution in [1.82, 2.24) is 5.32 Å². The van der Waals surface area contributed by atoms with E-state index in [1.807, 2.05) is 12.1 Å². The summed E-state index contributed by atoms with van der Waals surface area (Å²) in [6, 6.07) is 11.6. The van der Waals surface area contributed by atoms with Crippen molar-refractivity contribution in [2.75, 3.05) is 57.9 Å². The van der Waals surface area contributed by atoms with Crippen molar-refractivity contribution < 1.29 is 28.5 Å². The molecule has 188 valence electrons. The first kappa shape index (κ1) is 24.5. The molecule has 2 fully saturated rings. The molecular formula is C26H33N3O6. The fourth-order valence-corrected chi connectivity index (χ4v) is 4.75. The summed E-state index contributed by atoms with van der Waals surface area (Å²) in [5.41, 5.74) is 1.77. The van der Waals surface area contributed by atoms with Crippen molar-refractivity contribution in [2.45, 2.75) is 25.3 Å². The Hall–Kier alpha value is -3.62. The number of nitrogens with zero attached hydrogens (tertiary/aromatic N) is 2. The number of carbonyl (C=O) groups is 2. The highest BCUT2D eigenvalue weighted by molar-refractivity contribution is 6.00. The van der Waals surface area contributed by atoms with Gasteiger partial charge in [0.2, 0.25) is 17.6 Å². The first-order chi connectivity index (χ1) is 17.0. The number of anilines is 2. The third-order valence-corrected chi connectivity index (χ3v) is 6.74. The van der Waals surface area contributed by atoms with Gasteiger partial charge in [-0.05, 0) is 37.1 Å². The van der Waals surface area contributed by atoms with Gasteiger partial charge in [0, 0.05) is 49.9 Å². The first-order valence-electron chi connectivity index (χ1n) is 11.8. The minimum Gasteiger partial charge on any atom is -0.497 e. The van der Waals surface area contributed by atoms with Crippen molar-refractivity contribution in [2.24, 2.45) is 5.92 Å². The summed E-state index contributed by atoms with van der Waals surface area (Å²) in [6.45, 7) is 2.03. The number of piperidine rings is 1. The lowest BCUT2D eigenvalue weighted by molar-refractivity contribution is -0.127. The lowest BCUT2D eigenvalue weighted by atomic mass is 10.0. The number of rotatable bonds is 8. The number of benzene rings is 2. The van der Waals surface area contributed by atoms with Crippen LogP contribution in [-0.4, -0.2) is 65.9 Å². The van der Waals surface area contributed by atoms with Gasteiger partial charge < -0.3 is 34.1 Å². The molecule has 0 aliphatic carbocycles. The van der Waals surface area contributed by atoms with Crippen LogP contribution in [0, 0.1) is 5.92 Å². The number of hydrogen-bond donors (Lipinski definition) is 1. The minimum absolute atomic E-state index is 0.0730. The second kappa shape index (κ2) is 10.8. The number of hydrogen-bond acceptors (Lipinski definition) is 7. The molecule has 1 unspecified atom stereocenters. The quantitative estimate of drug-likeness (QED) is 0.618. The smallest absolute Gasteiger partial charge is 0.227 e. The molecule has 2 aromatic rings. The van der Waals surface area contributed by atoms with Crippen molar-refractivity contribution in [3.05, 3.63) is 36.4 Å². The third kappa shape index (κ3) is 5.23. The van der Waals surface area contributed by atoms with Gasteiger partial charge >= 0.3 is 0 Å². The van der Waals surface area contributed by atoms with Crippen LogP contribution in [0.3, 0.4) is 0 Å². The molecule has 4 rings (SSSR count). The maximum atomic E-state index is 13.0. The van der Waals surface area contributed by atoms with E-state index in [0.717, 1.165) is 37.4 Å². The Morgan fingerprint density at radius 1 is 0.886 bits per heavy atom. The molecule has 1 N–H and O–H groups in total. The molecule has 35 heavy (non-hydrogen) atoms. The van der Waals surface area contributed by atoms with Crippen LogP contribution in [0.25, 0.3) is 0 Å². The van der Waals surface area contributed by atoms with Crippen LogP contribution in [0.4, 0.5) is 11.4 Å². The highest BCUT2D eigenvalue weighted by atomic mass is 16.5. The van der Waals surface area contributed by atoms with Crippen molar-refractivity contribution in [3.63, 3.8) is 0 Å². The standard InChI is InChI=1S/C26H33N3O6/c1-32-21-7-5-19(6-8-21)28-11-9-18(10-12-28)27-26(31)17-13-24(30)29(16-17)20-14-22(33-2)25(35-4)23(15-20)34-3/h5-8,14-15,17-18H,9-13,16H2,1-4H3,(H,27,31). The van der Waals surface area contributed by atoms with Gasteiger partial charge in [-0.25, -0.2) is 0 Å². The summed E-state index contributed by atoms with van der Waals surface area (Å²) < 4.78 is 21.4. The van der Waals surface area contributed by atoms with Gasteiger partial charge in [-0.1, -0.05) is 0 Å². The van der Waals surface area contributed by atoms with Crippen LogP contribution in [0.5, 0.6) is 23.0 Å². The van der Waals surface area contributed by atoms with Crippen LogP contribution in [0.2, 0.25) is 0 Å². The van der Waals surface area contributed by atoms with Gasteiger partial charge in [-0.3, -0.25) is 9.59 Å². The Morgan fingerprint density at radius 2 is 1.51 bits per heavy atom. The Morgan fingerprint density at radius 3 is 2.06 bits per heavy atom. The highest BCUT2D eigenvalue weighted by Gasteiger charge is 2.37. The van der Waals surface area contributed by atoms with E-state index in [0.29, 0.717) is 29.5 Å². The molecule has 0 saturated carbocycles. The molecule has 2 heterocycles. The van der Waals surface area contributed by atoms with E-state index in [-0.39, 0.29) is 24.3 Å². The molecule has 0 radical (unpaired) electrons. The number of amides is 2. The van der Waals surface area contributed by atoms with E-state index in [1.54, 1.807) is 24.1 Å². The molecule has 2 aliphatic heterocycles. The van der Waals surface area contributed by atoms with Crippen LogP contribution in [0.1, 0.15) is 19.3 Å². The SMILES string of the molecule is COc1ccc(N2CCC(NC(=O)C3CC(=O)N(c4cc(OC)c(OC)c(OC)c4)C3)CC2)cc1. The van der Waals surface area contributed by atoms with E-state index < -0.39 is 5.92 Å². The molecule has 0 spiro atoms. The predicted octanol–water partition coefficient (Wildman–Crippen LogP) is 2.86. The summed E-state index contributed by atoms with van der Waals surface area (Å²) in [6.07, 6.45) is 1.89. The van der Waals surface area contributed by atoms with Crippen LogP contribution >= 0.6 is 0 Å². The predicted molar refractivity (Wildman–Crippen MR) is 133 cm³/mol. The van der Waals surface area contributed by atoms with E-state index in [2.05, 4.69) is 22.3 Å². The fourth-order valence-electron chi connectivity index (χ4n) is 4.75. The fraction of sp³-hybridized carbons (Fsp3) is 0.462. The van der Waals surface area contributed by atoms with Crippen molar-refractivity contribution in [3.8, 4) is 23.0 Å². The number of carbonyl (C=O) groups excluding carboxylic acids is 2. The molecule has 2 amide bonds.